The van der Waals surface area contributed by atoms with Gasteiger partial charge in [0.25, 0.3) is 0 Å². The van der Waals surface area contributed by atoms with Crippen LogP contribution in [0.1, 0.15) is 19.8 Å². The highest BCUT2D eigenvalue weighted by molar-refractivity contribution is 6.32. The Labute approximate surface area is 130 Å². The molecule has 116 valence electrons. The fourth-order valence-corrected chi connectivity index (χ4v) is 2.77. The molecular weight excluding hydrogens is 292 g/mol. The van der Waals surface area contributed by atoms with Crippen LogP contribution in [0.4, 0.5) is 5.69 Å². The second-order valence-corrected chi connectivity index (χ2v) is 5.52. The molecule has 1 amide bonds. The van der Waals surface area contributed by atoms with Crippen molar-refractivity contribution in [2.45, 2.75) is 25.8 Å². The topological polar surface area (TPSA) is 50.8 Å². The van der Waals surface area contributed by atoms with Gasteiger partial charge in [0.1, 0.15) is 11.5 Å². The summed E-state index contributed by atoms with van der Waals surface area (Å²) < 4.78 is 10.6. The lowest BCUT2D eigenvalue weighted by molar-refractivity contribution is -0.129. The van der Waals surface area contributed by atoms with Crippen molar-refractivity contribution in [2.75, 3.05) is 32.6 Å². The molecule has 1 aromatic rings. The lowest BCUT2D eigenvalue weighted by Crippen LogP contribution is -2.41. The van der Waals surface area contributed by atoms with Gasteiger partial charge < -0.3 is 19.7 Å². The molecule has 1 aliphatic rings. The van der Waals surface area contributed by atoms with Gasteiger partial charge in [-0.15, -0.1) is 0 Å². The molecule has 1 saturated heterocycles. The number of hydrogen-bond acceptors (Lipinski definition) is 4. The lowest BCUT2D eigenvalue weighted by Gasteiger charge is -2.32. The molecule has 0 aromatic heterocycles. The van der Waals surface area contributed by atoms with Crippen LogP contribution in [0.5, 0.6) is 11.5 Å². The number of amides is 1. The zero-order chi connectivity index (χ0) is 15.4. The van der Waals surface area contributed by atoms with Crippen molar-refractivity contribution in [1.29, 1.82) is 0 Å². The monoisotopic (exact) mass is 312 g/mol. The first kappa shape index (κ1) is 15.8. The van der Waals surface area contributed by atoms with E-state index in [9.17, 15) is 4.79 Å². The molecular formula is C15H21ClN2O3. The van der Waals surface area contributed by atoms with Crippen LogP contribution in [0.2, 0.25) is 5.02 Å². The summed E-state index contributed by atoms with van der Waals surface area (Å²) >= 11 is 6.17. The zero-order valence-corrected chi connectivity index (χ0v) is 13.4. The second-order valence-electron chi connectivity index (χ2n) is 5.11. The third-order valence-corrected chi connectivity index (χ3v) is 4.07. The minimum Gasteiger partial charge on any atom is -0.495 e. The Morgan fingerprint density at radius 1 is 1.24 bits per heavy atom. The quantitative estimate of drug-likeness (QED) is 0.929. The summed E-state index contributed by atoms with van der Waals surface area (Å²) in [5, 5.41) is 3.99. The van der Waals surface area contributed by atoms with Crippen molar-refractivity contribution in [3.8, 4) is 11.5 Å². The van der Waals surface area contributed by atoms with Gasteiger partial charge in [0, 0.05) is 32.1 Å². The number of hydrogen-bond donors (Lipinski definition) is 1. The molecule has 5 nitrogen and oxygen atoms in total. The summed E-state index contributed by atoms with van der Waals surface area (Å²) in [6, 6.07) is 3.89. The summed E-state index contributed by atoms with van der Waals surface area (Å²) in [6.07, 6.45) is 1.82. The number of rotatable bonds is 4. The summed E-state index contributed by atoms with van der Waals surface area (Å²) in [5.41, 5.74) is 0.851. The first-order valence-corrected chi connectivity index (χ1v) is 7.36. The van der Waals surface area contributed by atoms with Gasteiger partial charge in [-0.05, 0) is 18.9 Å². The highest BCUT2D eigenvalue weighted by Crippen LogP contribution is 2.36. The zero-order valence-electron chi connectivity index (χ0n) is 12.6. The molecule has 2 rings (SSSR count). The predicted octanol–water partition coefficient (Wildman–Crippen LogP) is 2.78. The van der Waals surface area contributed by atoms with Crippen LogP contribution >= 0.6 is 11.6 Å². The van der Waals surface area contributed by atoms with Gasteiger partial charge in [-0.3, -0.25) is 4.79 Å². The van der Waals surface area contributed by atoms with Crippen LogP contribution in [0.3, 0.4) is 0 Å². The molecule has 0 bridgehead atoms. The van der Waals surface area contributed by atoms with Gasteiger partial charge >= 0.3 is 0 Å². The highest BCUT2D eigenvalue weighted by Gasteiger charge is 2.21. The molecule has 6 heteroatoms. The molecule has 1 fully saturated rings. The maximum absolute atomic E-state index is 11.3. The summed E-state index contributed by atoms with van der Waals surface area (Å²) in [6.45, 7) is 3.17. The van der Waals surface area contributed by atoms with E-state index in [4.69, 9.17) is 21.1 Å². The Balaban J connectivity index is 2.06. The first-order valence-electron chi connectivity index (χ1n) is 6.98. The van der Waals surface area contributed by atoms with Crippen LogP contribution in [0, 0.1) is 0 Å². The van der Waals surface area contributed by atoms with E-state index in [0.29, 0.717) is 22.6 Å². The number of piperidine rings is 1. The predicted molar refractivity (Wildman–Crippen MR) is 83.5 cm³/mol. The molecule has 0 radical (unpaired) electrons. The van der Waals surface area contributed by atoms with E-state index in [1.54, 1.807) is 27.2 Å². The van der Waals surface area contributed by atoms with E-state index in [2.05, 4.69) is 5.32 Å². The Morgan fingerprint density at radius 2 is 1.86 bits per heavy atom. The third kappa shape index (κ3) is 3.73. The van der Waals surface area contributed by atoms with E-state index < -0.39 is 0 Å². The maximum Gasteiger partial charge on any atom is 0.219 e. The van der Waals surface area contributed by atoms with Crippen molar-refractivity contribution < 1.29 is 14.3 Å². The van der Waals surface area contributed by atoms with Crippen molar-refractivity contribution >= 4 is 23.2 Å². The fourth-order valence-electron chi connectivity index (χ4n) is 2.53. The molecule has 0 saturated carbocycles. The SMILES string of the molecule is COc1cc(OC)c(NC2CCN(C(C)=O)CC2)cc1Cl. The fraction of sp³-hybridized carbons (Fsp3) is 0.533. The van der Waals surface area contributed by atoms with Gasteiger partial charge in [0.05, 0.1) is 24.9 Å². The van der Waals surface area contributed by atoms with Gasteiger partial charge in [0.2, 0.25) is 5.91 Å². The number of nitrogens with one attached hydrogen (secondary N) is 1. The number of likely N-dealkylation sites (tertiary alicyclic amines) is 1. The summed E-state index contributed by atoms with van der Waals surface area (Å²) in [5.74, 6) is 1.43. The number of anilines is 1. The number of nitrogens with zero attached hydrogens (tertiary/aromatic N) is 1. The largest absolute Gasteiger partial charge is 0.495 e. The van der Waals surface area contributed by atoms with Crippen molar-refractivity contribution in [3.05, 3.63) is 17.2 Å². The third-order valence-electron chi connectivity index (χ3n) is 3.77. The van der Waals surface area contributed by atoms with Crippen LogP contribution in [0.15, 0.2) is 12.1 Å². The van der Waals surface area contributed by atoms with E-state index in [-0.39, 0.29) is 5.91 Å². The molecule has 1 heterocycles. The molecule has 0 unspecified atom stereocenters. The second kappa shape index (κ2) is 6.89. The van der Waals surface area contributed by atoms with Crippen molar-refractivity contribution in [2.24, 2.45) is 0 Å². The van der Waals surface area contributed by atoms with Gasteiger partial charge in [-0.1, -0.05) is 11.6 Å². The molecule has 0 spiro atoms. The van der Waals surface area contributed by atoms with Crippen LogP contribution < -0.4 is 14.8 Å². The molecule has 1 aliphatic heterocycles. The average molecular weight is 313 g/mol. The van der Waals surface area contributed by atoms with Crippen LogP contribution in [0.25, 0.3) is 0 Å². The normalized spacial score (nSPS) is 15.7. The summed E-state index contributed by atoms with van der Waals surface area (Å²) in [7, 11) is 3.19. The van der Waals surface area contributed by atoms with Gasteiger partial charge in [-0.2, -0.15) is 0 Å². The van der Waals surface area contributed by atoms with Crippen molar-refractivity contribution in [1.82, 2.24) is 4.90 Å². The number of carbonyl (C=O) groups excluding carboxylic acids is 1. The van der Waals surface area contributed by atoms with E-state index in [0.717, 1.165) is 31.6 Å². The Hall–Kier alpha value is -1.62. The number of benzene rings is 1. The standard InChI is InChI=1S/C15H21ClN2O3/c1-10(19)18-6-4-11(5-7-18)17-13-8-12(16)14(20-2)9-15(13)21-3/h8-9,11,17H,4-7H2,1-3H3. The minimum absolute atomic E-state index is 0.138. The molecule has 0 atom stereocenters. The van der Waals surface area contributed by atoms with Gasteiger partial charge in [0.15, 0.2) is 0 Å². The molecule has 1 N–H and O–H groups in total. The van der Waals surface area contributed by atoms with Crippen LogP contribution in [-0.2, 0) is 4.79 Å². The summed E-state index contributed by atoms with van der Waals surface area (Å²) in [4.78, 5) is 13.2. The molecule has 21 heavy (non-hydrogen) atoms. The van der Waals surface area contributed by atoms with Crippen molar-refractivity contribution in [3.63, 3.8) is 0 Å². The average Bonchev–Trinajstić information content (AvgIpc) is 2.48. The maximum atomic E-state index is 11.3. The van der Waals surface area contributed by atoms with E-state index in [1.165, 1.54) is 0 Å². The van der Waals surface area contributed by atoms with Crippen LogP contribution in [-0.4, -0.2) is 44.2 Å². The molecule has 0 aliphatic carbocycles. The number of carbonyl (C=O) groups is 1. The smallest absolute Gasteiger partial charge is 0.219 e. The Bertz CT molecular complexity index is 514. The van der Waals surface area contributed by atoms with E-state index in [1.807, 2.05) is 11.0 Å². The number of methoxy groups -OCH3 is 2. The number of ether oxygens (including phenoxy) is 2. The first-order chi connectivity index (χ1) is 10.0. The lowest BCUT2D eigenvalue weighted by atomic mass is 10.0. The van der Waals surface area contributed by atoms with E-state index >= 15 is 0 Å². The molecule has 1 aromatic carbocycles. The highest BCUT2D eigenvalue weighted by atomic mass is 35.5. The Morgan fingerprint density at radius 3 is 2.38 bits per heavy atom. The Kier molecular flexibility index (Phi) is 5.17. The number of halogens is 1. The van der Waals surface area contributed by atoms with Gasteiger partial charge in [-0.25, -0.2) is 0 Å². The minimum atomic E-state index is 0.138.